The molecule has 27 heavy (non-hydrogen) atoms. The first-order valence-electron chi connectivity index (χ1n) is 8.21. The van der Waals surface area contributed by atoms with Gasteiger partial charge in [-0.1, -0.05) is 0 Å². The van der Waals surface area contributed by atoms with Gasteiger partial charge in [-0.05, 0) is 53.1 Å². The summed E-state index contributed by atoms with van der Waals surface area (Å²) in [6, 6.07) is 3.86. The zero-order valence-corrected chi connectivity index (χ0v) is 17.4. The Bertz CT molecular complexity index is 573. The van der Waals surface area contributed by atoms with Gasteiger partial charge in [-0.25, -0.2) is 0 Å². The Balaban J connectivity index is -0.000000356. The molecule has 0 amide bonds. The number of nitriles is 2. The van der Waals surface area contributed by atoms with Crippen LogP contribution in [0.15, 0.2) is 0 Å². The molecule has 0 spiro atoms. The predicted octanol–water partition coefficient (Wildman–Crippen LogP) is 2.93. The van der Waals surface area contributed by atoms with Crippen LogP contribution >= 0.6 is 11.6 Å². The van der Waals surface area contributed by atoms with Crippen LogP contribution < -0.4 is 0 Å². The van der Waals surface area contributed by atoms with Crippen LogP contribution in [-0.4, -0.2) is 36.2 Å². The van der Waals surface area contributed by atoms with Gasteiger partial charge in [0.15, 0.2) is 5.78 Å². The summed E-state index contributed by atoms with van der Waals surface area (Å²) in [6.07, 6.45) is -0.663. The van der Waals surface area contributed by atoms with Crippen LogP contribution in [0.1, 0.15) is 54.4 Å². The molecule has 0 rings (SSSR count). The molecule has 0 unspecified atom stereocenters. The molecule has 0 bridgehead atoms. The molecular weight excluding hydrogens is 376 g/mol. The molecule has 8 nitrogen and oxygen atoms in total. The summed E-state index contributed by atoms with van der Waals surface area (Å²) in [6.45, 7) is 10.5. The number of rotatable bonds is 7. The van der Waals surface area contributed by atoms with Crippen LogP contribution in [0.25, 0.3) is 0 Å². The molecule has 0 aliphatic rings. The molecular formula is C18H27ClN2O6. The van der Waals surface area contributed by atoms with Crippen LogP contribution in [0.4, 0.5) is 0 Å². The number of carbonyl (C=O) groups is 4. The standard InChI is InChI=1S/C9H13NO3.C5H7ClO3.C4H7N/c1-4-13-8(12)5-7(11)9(2,3)6-10;1-2-9-5(8)3-4(6)7;1-4(2)3-5/h4-5H2,1-3H3;2-3H2,1H3;4H,1-2H3. The molecule has 0 aromatic rings. The van der Waals surface area contributed by atoms with Gasteiger partial charge in [0.05, 0.1) is 25.4 Å². The van der Waals surface area contributed by atoms with Crippen LogP contribution in [0.2, 0.25) is 0 Å². The second kappa shape index (κ2) is 17.0. The van der Waals surface area contributed by atoms with Gasteiger partial charge in [-0.3, -0.25) is 19.2 Å². The third kappa shape index (κ3) is 21.5. The Morgan fingerprint density at radius 3 is 1.59 bits per heavy atom. The van der Waals surface area contributed by atoms with Crippen molar-refractivity contribution in [1.82, 2.24) is 0 Å². The SMILES string of the molecule is CC(C)C#N.CCOC(=O)CC(=O)C(C)(C)C#N.CCOC(=O)CC(=O)Cl. The first kappa shape index (κ1) is 29.3. The van der Waals surface area contributed by atoms with E-state index in [1.54, 1.807) is 13.8 Å². The minimum atomic E-state index is -1.10. The van der Waals surface area contributed by atoms with Crippen LogP contribution in [-0.2, 0) is 28.7 Å². The minimum Gasteiger partial charge on any atom is -0.466 e. The van der Waals surface area contributed by atoms with E-state index in [2.05, 4.69) is 9.47 Å². The maximum absolute atomic E-state index is 11.3. The number of hydrogen-bond acceptors (Lipinski definition) is 8. The highest BCUT2D eigenvalue weighted by atomic mass is 35.5. The highest BCUT2D eigenvalue weighted by molar-refractivity contribution is 6.64. The number of hydrogen-bond donors (Lipinski definition) is 0. The van der Waals surface area contributed by atoms with Crippen molar-refractivity contribution in [2.45, 2.75) is 54.4 Å². The third-order valence-corrected chi connectivity index (χ3v) is 2.57. The summed E-state index contributed by atoms with van der Waals surface area (Å²) < 4.78 is 8.99. The molecule has 0 saturated carbocycles. The van der Waals surface area contributed by atoms with Gasteiger partial charge >= 0.3 is 11.9 Å². The average molecular weight is 403 g/mol. The number of Topliss-reactive ketones (excluding diaryl/α,β-unsaturated/α-hetero) is 1. The van der Waals surface area contributed by atoms with Crippen molar-refractivity contribution >= 4 is 34.6 Å². The number of nitrogens with zero attached hydrogens (tertiary/aromatic N) is 2. The summed E-state index contributed by atoms with van der Waals surface area (Å²) in [5.41, 5.74) is -1.10. The smallest absolute Gasteiger partial charge is 0.314 e. The Morgan fingerprint density at radius 1 is 0.963 bits per heavy atom. The van der Waals surface area contributed by atoms with Gasteiger partial charge in [0.25, 0.3) is 0 Å². The number of ketones is 1. The molecule has 0 aliphatic carbocycles. The highest BCUT2D eigenvalue weighted by Gasteiger charge is 2.29. The molecule has 0 N–H and O–H groups in total. The minimum absolute atomic E-state index is 0.190. The summed E-state index contributed by atoms with van der Waals surface area (Å²) >= 11 is 4.87. The Morgan fingerprint density at radius 2 is 1.33 bits per heavy atom. The highest BCUT2D eigenvalue weighted by Crippen LogP contribution is 2.16. The van der Waals surface area contributed by atoms with Crippen molar-refractivity contribution in [3.8, 4) is 12.1 Å². The lowest BCUT2D eigenvalue weighted by Crippen LogP contribution is -2.25. The molecule has 0 aliphatic heterocycles. The van der Waals surface area contributed by atoms with E-state index >= 15 is 0 Å². The average Bonchev–Trinajstić information content (AvgIpc) is 2.55. The zero-order chi connectivity index (χ0) is 22.0. The van der Waals surface area contributed by atoms with Gasteiger partial charge in [0, 0.05) is 5.92 Å². The predicted molar refractivity (Wildman–Crippen MR) is 98.2 cm³/mol. The van der Waals surface area contributed by atoms with E-state index in [1.807, 2.05) is 26.0 Å². The quantitative estimate of drug-likeness (QED) is 0.360. The first-order chi connectivity index (χ1) is 12.4. The Kier molecular flexibility index (Phi) is 18.4. The summed E-state index contributed by atoms with van der Waals surface area (Å²) in [5.74, 6) is -1.36. The second-order valence-corrected chi connectivity index (χ2v) is 6.18. The fourth-order valence-electron chi connectivity index (χ4n) is 0.952. The molecule has 0 radical (unpaired) electrons. The third-order valence-electron chi connectivity index (χ3n) is 2.43. The molecule has 0 saturated heterocycles. The fourth-order valence-corrected chi connectivity index (χ4v) is 1.06. The van der Waals surface area contributed by atoms with Gasteiger partial charge in [-0.2, -0.15) is 10.5 Å². The molecule has 9 heteroatoms. The maximum atomic E-state index is 11.3. The van der Waals surface area contributed by atoms with E-state index in [4.69, 9.17) is 22.1 Å². The normalized spacial score (nSPS) is 9.26. The Hall–Kier alpha value is -2.45. The van der Waals surface area contributed by atoms with Crippen molar-refractivity contribution in [2.24, 2.45) is 11.3 Å². The van der Waals surface area contributed by atoms with Gasteiger partial charge < -0.3 is 9.47 Å². The van der Waals surface area contributed by atoms with Crippen molar-refractivity contribution in [2.75, 3.05) is 13.2 Å². The van der Waals surface area contributed by atoms with Crippen molar-refractivity contribution in [3.05, 3.63) is 0 Å². The van der Waals surface area contributed by atoms with Crippen LogP contribution in [0.3, 0.4) is 0 Å². The van der Waals surface area contributed by atoms with Gasteiger partial charge in [-0.15, -0.1) is 0 Å². The molecule has 0 atom stereocenters. The number of halogens is 1. The molecule has 0 aromatic carbocycles. The van der Waals surface area contributed by atoms with E-state index in [-0.39, 0.29) is 32.0 Å². The number of ether oxygens (including phenoxy) is 2. The largest absolute Gasteiger partial charge is 0.466 e. The van der Waals surface area contributed by atoms with Gasteiger partial charge in [0.1, 0.15) is 18.3 Å². The van der Waals surface area contributed by atoms with Crippen LogP contribution in [0.5, 0.6) is 0 Å². The summed E-state index contributed by atoms with van der Waals surface area (Å²) in [5, 5.41) is 15.8. The lowest BCUT2D eigenvalue weighted by molar-refractivity contribution is -0.147. The van der Waals surface area contributed by atoms with Gasteiger partial charge in [0.2, 0.25) is 5.24 Å². The van der Waals surface area contributed by atoms with E-state index in [0.717, 1.165) is 0 Å². The molecule has 0 fully saturated rings. The number of esters is 2. The monoisotopic (exact) mass is 402 g/mol. The lowest BCUT2D eigenvalue weighted by atomic mass is 9.88. The van der Waals surface area contributed by atoms with E-state index < -0.39 is 28.4 Å². The topological polar surface area (TPSA) is 134 Å². The Labute approximate surface area is 165 Å². The second-order valence-electron chi connectivity index (χ2n) is 5.76. The maximum Gasteiger partial charge on any atom is 0.314 e. The number of carbonyl (C=O) groups excluding carboxylic acids is 4. The van der Waals surface area contributed by atoms with Crippen molar-refractivity contribution in [1.29, 1.82) is 10.5 Å². The molecule has 0 heterocycles. The van der Waals surface area contributed by atoms with E-state index in [0.29, 0.717) is 0 Å². The molecule has 152 valence electrons. The van der Waals surface area contributed by atoms with Crippen LogP contribution in [0, 0.1) is 34.0 Å². The van der Waals surface area contributed by atoms with E-state index in [9.17, 15) is 19.2 Å². The lowest BCUT2D eigenvalue weighted by Gasteiger charge is -2.12. The fraction of sp³-hybridized carbons (Fsp3) is 0.667. The molecule has 0 aromatic heterocycles. The van der Waals surface area contributed by atoms with Crippen molar-refractivity contribution in [3.63, 3.8) is 0 Å². The zero-order valence-electron chi connectivity index (χ0n) is 16.6. The first-order valence-corrected chi connectivity index (χ1v) is 8.59. The van der Waals surface area contributed by atoms with Crippen molar-refractivity contribution < 1.29 is 28.7 Å². The van der Waals surface area contributed by atoms with E-state index in [1.165, 1.54) is 13.8 Å². The summed E-state index contributed by atoms with van der Waals surface area (Å²) in [4.78, 5) is 42.4. The summed E-state index contributed by atoms with van der Waals surface area (Å²) in [7, 11) is 0.